The van der Waals surface area contributed by atoms with E-state index in [1.54, 1.807) is 12.1 Å². The lowest BCUT2D eigenvalue weighted by Crippen LogP contribution is -2.35. The van der Waals surface area contributed by atoms with Crippen LogP contribution in [0.15, 0.2) is 35.3 Å². The van der Waals surface area contributed by atoms with Crippen LogP contribution < -0.4 is 10.2 Å². The van der Waals surface area contributed by atoms with E-state index in [0.29, 0.717) is 5.69 Å². The minimum absolute atomic E-state index is 0.0675. The topological polar surface area (TPSA) is 68.9 Å². The molecule has 0 unspecified atom stereocenters. The second-order valence-corrected chi connectivity index (χ2v) is 8.21. The number of halogens is 1. The Balaban J connectivity index is 1.58. The molecule has 1 aliphatic carbocycles. The molecule has 1 aromatic carbocycles. The SMILES string of the molecule is Cc1sc(=O)n(CC(=O)N[C@H]2CCCc3c2cnn3C)c1-c1ccc(F)cc1. The van der Waals surface area contributed by atoms with E-state index in [1.165, 1.54) is 16.7 Å². The monoisotopic (exact) mass is 400 g/mol. The van der Waals surface area contributed by atoms with Gasteiger partial charge in [-0.3, -0.25) is 18.8 Å². The van der Waals surface area contributed by atoms with Gasteiger partial charge < -0.3 is 5.32 Å². The number of benzene rings is 1. The first-order valence-electron chi connectivity index (χ1n) is 9.20. The molecule has 0 bridgehead atoms. The zero-order valence-electron chi connectivity index (χ0n) is 15.7. The van der Waals surface area contributed by atoms with E-state index < -0.39 is 0 Å². The number of carbonyl (C=O) groups excluding carboxylic acids is 1. The first-order valence-corrected chi connectivity index (χ1v) is 10.0. The lowest BCUT2D eigenvalue weighted by Gasteiger charge is -2.24. The van der Waals surface area contributed by atoms with Crippen molar-refractivity contribution in [3.8, 4) is 11.3 Å². The summed E-state index contributed by atoms with van der Waals surface area (Å²) >= 11 is 1.10. The molecule has 4 rings (SSSR count). The van der Waals surface area contributed by atoms with Crippen molar-refractivity contribution in [2.45, 2.75) is 38.8 Å². The Labute approximate surface area is 165 Å². The summed E-state index contributed by atoms with van der Waals surface area (Å²) in [5, 5.41) is 7.35. The second-order valence-electron chi connectivity index (χ2n) is 7.05. The molecule has 1 amide bonds. The highest BCUT2D eigenvalue weighted by Crippen LogP contribution is 2.29. The van der Waals surface area contributed by atoms with E-state index in [-0.39, 0.29) is 29.2 Å². The van der Waals surface area contributed by atoms with Gasteiger partial charge in [-0.2, -0.15) is 5.10 Å². The molecule has 2 heterocycles. The number of nitrogens with zero attached hydrogens (tertiary/aromatic N) is 3. The first kappa shape index (κ1) is 18.6. The Morgan fingerprint density at radius 3 is 2.86 bits per heavy atom. The maximum absolute atomic E-state index is 13.3. The van der Waals surface area contributed by atoms with E-state index in [0.717, 1.165) is 52.3 Å². The highest BCUT2D eigenvalue weighted by Gasteiger charge is 2.25. The number of rotatable bonds is 4. The Morgan fingerprint density at radius 2 is 2.11 bits per heavy atom. The standard InChI is InChI=1S/C20H21FN4O2S/c1-12-19(13-6-8-14(21)9-7-13)25(20(27)28-12)11-18(26)23-16-4-3-5-17-15(16)10-22-24(17)2/h6-10,16H,3-5,11H2,1-2H3,(H,23,26)/t16-/m0/s1. The lowest BCUT2D eigenvalue weighted by molar-refractivity contribution is -0.122. The summed E-state index contributed by atoms with van der Waals surface area (Å²) in [6.45, 7) is 1.77. The lowest BCUT2D eigenvalue weighted by atomic mass is 9.93. The van der Waals surface area contributed by atoms with Crippen LogP contribution in [-0.2, 0) is 24.8 Å². The first-order chi connectivity index (χ1) is 13.4. The summed E-state index contributed by atoms with van der Waals surface area (Å²) in [4.78, 5) is 25.8. The molecule has 0 radical (unpaired) electrons. The van der Waals surface area contributed by atoms with Crippen LogP contribution in [-0.4, -0.2) is 20.3 Å². The van der Waals surface area contributed by atoms with Crippen molar-refractivity contribution in [2.24, 2.45) is 7.05 Å². The third kappa shape index (κ3) is 3.40. The number of amides is 1. The van der Waals surface area contributed by atoms with Crippen molar-refractivity contribution in [3.63, 3.8) is 0 Å². The molecule has 3 aromatic rings. The molecular weight excluding hydrogens is 379 g/mol. The van der Waals surface area contributed by atoms with Crippen LogP contribution in [0.1, 0.15) is 35.0 Å². The van der Waals surface area contributed by atoms with Gasteiger partial charge in [-0.1, -0.05) is 11.3 Å². The molecule has 28 heavy (non-hydrogen) atoms. The summed E-state index contributed by atoms with van der Waals surface area (Å²) in [5.74, 6) is -0.558. The number of aromatic nitrogens is 3. The van der Waals surface area contributed by atoms with Gasteiger partial charge in [0.25, 0.3) is 0 Å². The molecule has 0 fully saturated rings. The molecule has 0 saturated heterocycles. The average Bonchev–Trinajstić information content (AvgIpc) is 3.17. The van der Waals surface area contributed by atoms with Crippen molar-refractivity contribution >= 4 is 17.2 Å². The number of carbonyl (C=O) groups is 1. The number of fused-ring (bicyclic) bond motifs is 1. The highest BCUT2D eigenvalue weighted by atomic mass is 32.1. The third-order valence-corrected chi connectivity index (χ3v) is 6.09. The summed E-state index contributed by atoms with van der Waals surface area (Å²) in [6, 6.07) is 5.87. The number of hydrogen-bond donors (Lipinski definition) is 1. The predicted molar refractivity (Wildman–Crippen MR) is 106 cm³/mol. The molecule has 6 nitrogen and oxygen atoms in total. The smallest absolute Gasteiger partial charge is 0.308 e. The third-order valence-electron chi connectivity index (χ3n) is 5.19. The van der Waals surface area contributed by atoms with Crippen LogP contribution in [0.25, 0.3) is 11.3 Å². The molecule has 0 spiro atoms. The quantitative estimate of drug-likeness (QED) is 0.732. The van der Waals surface area contributed by atoms with Crippen LogP contribution >= 0.6 is 11.3 Å². The van der Waals surface area contributed by atoms with Crippen molar-refractivity contribution in [2.75, 3.05) is 0 Å². The second kappa shape index (κ2) is 7.35. The molecule has 8 heteroatoms. The molecular formula is C20H21FN4O2S. The molecule has 1 atom stereocenters. The number of thiazole rings is 1. The molecule has 1 aliphatic rings. The Kier molecular flexibility index (Phi) is 4.89. The van der Waals surface area contributed by atoms with Gasteiger partial charge in [-0.25, -0.2) is 4.39 Å². The molecule has 146 valence electrons. The van der Waals surface area contributed by atoms with Crippen LogP contribution in [0.5, 0.6) is 0 Å². The minimum atomic E-state index is -0.340. The van der Waals surface area contributed by atoms with Gasteiger partial charge in [-0.15, -0.1) is 0 Å². The van der Waals surface area contributed by atoms with Crippen molar-refractivity contribution < 1.29 is 9.18 Å². The minimum Gasteiger partial charge on any atom is -0.348 e. The molecule has 0 saturated carbocycles. The maximum atomic E-state index is 13.3. The summed E-state index contributed by atoms with van der Waals surface area (Å²) in [6.07, 6.45) is 4.60. The Morgan fingerprint density at radius 1 is 1.36 bits per heavy atom. The average molecular weight is 400 g/mol. The fraction of sp³-hybridized carbons (Fsp3) is 0.350. The maximum Gasteiger partial charge on any atom is 0.308 e. The molecule has 1 N–H and O–H groups in total. The van der Waals surface area contributed by atoms with Gasteiger partial charge in [-0.05, 0) is 56.0 Å². The summed E-state index contributed by atoms with van der Waals surface area (Å²) < 4.78 is 16.6. The Hall–Kier alpha value is -2.74. The van der Waals surface area contributed by atoms with Crippen LogP contribution in [0.3, 0.4) is 0 Å². The van der Waals surface area contributed by atoms with Crippen molar-refractivity contribution in [1.29, 1.82) is 0 Å². The largest absolute Gasteiger partial charge is 0.348 e. The normalized spacial score (nSPS) is 16.0. The predicted octanol–water partition coefficient (Wildman–Crippen LogP) is 2.95. The Bertz CT molecular complexity index is 1080. The number of hydrogen-bond acceptors (Lipinski definition) is 4. The van der Waals surface area contributed by atoms with Crippen LogP contribution in [0.4, 0.5) is 4.39 Å². The van der Waals surface area contributed by atoms with Crippen LogP contribution in [0.2, 0.25) is 0 Å². The van der Waals surface area contributed by atoms with Crippen molar-refractivity contribution in [3.05, 3.63) is 62.1 Å². The van der Waals surface area contributed by atoms with Gasteiger partial charge in [0.15, 0.2) is 0 Å². The fourth-order valence-electron chi connectivity index (χ4n) is 3.87. The van der Waals surface area contributed by atoms with Crippen molar-refractivity contribution in [1.82, 2.24) is 19.7 Å². The van der Waals surface area contributed by atoms with E-state index in [2.05, 4.69) is 10.4 Å². The molecule has 2 aromatic heterocycles. The highest BCUT2D eigenvalue weighted by molar-refractivity contribution is 7.09. The summed E-state index contributed by atoms with van der Waals surface area (Å²) in [7, 11) is 1.91. The fourth-order valence-corrected chi connectivity index (χ4v) is 4.72. The van der Waals surface area contributed by atoms with Gasteiger partial charge in [0.05, 0.1) is 17.9 Å². The number of aryl methyl sites for hydroxylation is 2. The van der Waals surface area contributed by atoms with E-state index in [4.69, 9.17) is 0 Å². The van der Waals surface area contributed by atoms with E-state index >= 15 is 0 Å². The van der Waals surface area contributed by atoms with E-state index in [1.807, 2.05) is 24.9 Å². The van der Waals surface area contributed by atoms with Gasteiger partial charge in [0, 0.05) is 23.2 Å². The molecule has 0 aliphatic heterocycles. The van der Waals surface area contributed by atoms with Crippen LogP contribution in [0, 0.1) is 12.7 Å². The zero-order chi connectivity index (χ0) is 19.8. The summed E-state index contributed by atoms with van der Waals surface area (Å²) in [5.41, 5.74) is 3.58. The van der Waals surface area contributed by atoms with E-state index in [9.17, 15) is 14.0 Å². The van der Waals surface area contributed by atoms with Gasteiger partial charge in [0.1, 0.15) is 12.4 Å². The van der Waals surface area contributed by atoms with Gasteiger partial charge in [0.2, 0.25) is 5.91 Å². The zero-order valence-corrected chi connectivity index (χ0v) is 16.6. The number of nitrogens with one attached hydrogen (secondary N) is 1. The van der Waals surface area contributed by atoms with Gasteiger partial charge >= 0.3 is 4.87 Å².